The Morgan fingerprint density at radius 1 is 0.893 bits per heavy atom. The fourth-order valence-corrected chi connectivity index (χ4v) is 3.66. The van der Waals surface area contributed by atoms with E-state index in [0.717, 1.165) is 36.3 Å². The van der Waals surface area contributed by atoms with Crippen molar-refractivity contribution in [2.24, 2.45) is 0 Å². The van der Waals surface area contributed by atoms with Gasteiger partial charge in [-0.25, -0.2) is 0 Å². The SMILES string of the molecule is Cc1ccccc1N1CCCN(C(=O)CC(=O)Nc2cccc(C)c2C)CC1. The van der Waals surface area contributed by atoms with Gasteiger partial charge in [-0.15, -0.1) is 0 Å². The lowest BCUT2D eigenvalue weighted by atomic mass is 10.1. The molecule has 0 bridgehead atoms. The van der Waals surface area contributed by atoms with Crippen LogP contribution in [0.4, 0.5) is 11.4 Å². The van der Waals surface area contributed by atoms with Crippen LogP contribution in [-0.4, -0.2) is 42.9 Å². The summed E-state index contributed by atoms with van der Waals surface area (Å²) >= 11 is 0. The van der Waals surface area contributed by atoms with Crippen LogP contribution in [0.15, 0.2) is 42.5 Å². The van der Waals surface area contributed by atoms with Gasteiger partial charge in [-0.05, 0) is 56.0 Å². The Labute approximate surface area is 167 Å². The molecule has 2 aromatic carbocycles. The predicted octanol–water partition coefficient (Wildman–Crippen LogP) is 3.68. The number of aryl methyl sites for hydroxylation is 2. The van der Waals surface area contributed by atoms with E-state index >= 15 is 0 Å². The molecular weight excluding hydrogens is 350 g/mol. The highest BCUT2D eigenvalue weighted by Gasteiger charge is 2.22. The third kappa shape index (κ3) is 4.71. The average molecular weight is 380 g/mol. The molecule has 28 heavy (non-hydrogen) atoms. The predicted molar refractivity (Wildman–Crippen MR) is 114 cm³/mol. The standard InChI is InChI=1S/C23H29N3O2/c1-17-9-6-10-20(19(17)3)24-22(27)16-23(28)26-13-7-12-25(14-15-26)21-11-5-4-8-18(21)2/h4-6,8-11H,7,12-16H2,1-3H3,(H,24,27). The van der Waals surface area contributed by atoms with Gasteiger partial charge in [0.25, 0.3) is 0 Å². The van der Waals surface area contributed by atoms with E-state index in [-0.39, 0.29) is 18.2 Å². The monoisotopic (exact) mass is 379 g/mol. The third-order valence-electron chi connectivity index (χ3n) is 5.50. The van der Waals surface area contributed by atoms with E-state index in [1.807, 2.05) is 49.1 Å². The number of amides is 2. The van der Waals surface area contributed by atoms with Gasteiger partial charge in [0.05, 0.1) is 0 Å². The molecule has 0 aromatic heterocycles. The van der Waals surface area contributed by atoms with Gasteiger partial charge in [0.1, 0.15) is 6.42 Å². The zero-order chi connectivity index (χ0) is 20.1. The lowest BCUT2D eigenvalue weighted by Gasteiger charge is -2.25. The van der Waals surface area contributed by atoms with Crippen molar-refractivity contribution in [1.82, 2.24) is 4.90 Å². The molecule has 1 aliphatic rings. The Balaban J connectivity index is 1.57. The molecular formula is C23H29N3O2. The number of carbonyl (C=O) groups excluding carboxylic acids is 2. The maximum absolute atomic E-state index is 12.7. The minimum absolute atomic E-state index is 0.102. The van der Waals surface area contributed by atoms with Crippen LogP contribution >= 0.6 is 0 Å². The van der Waals surface area contributed by atoms with Crippen LogP contribution < -0.4 is 10.2 Å². The van der Waals surface area contributed by atoms with Crippen molar-refractivity contribution in [2.75, 3.05) is 36.4 Å². The van der Waals surface area contributed by atoms with Crippen LogP contribution in [-0.2, 0) is 9.59 Å². The molecule has 5 nitrogen and oxygen atoms in total. The van der Waals surface area contributed by atoms with Crippen molar-refractivity contribution in [3.05, 3.63) is 59.2 Å². The number of benzene rings is 2. The molecule has 2 amide bonds. The number of para-hydroxylation sites is 1. The molecule has 1 heterocycles. The van der Waals surface area contributed by atoms with Crippen molar-refractivity contribution in [3.8, 4) is 0 Å². The van der Waals surface area contributed by atoms with Gasteiger partial charge in [0.2, 0.25) is 11.8 Å². The highest BCUT2D eigenvalue weighted by atomic mass is 16.2. The van der Waals surface area contributed by atoms with Gasteiger partial charge in [-0.3, -0.25) is 9.59 Å². The molecule has 1 aliphatic heterocycles. The Bertz CT molecular complexity index is 863. The molecule has 2 aromatic rings. The number of nitrogens with one attached hydrogen (secondary N) is 1. The first-order valence-corrected chi connectivity index (χ1v) is 9.90. The van der Waals surface area contributed by atoms with Crippen LogP contribution in [0.25, 0.3) is 0 Å². The van der Waals surface area contributed by atoms with Gasteiger partial charge in [-0.2, -0.15) is 0 Å². The van der Waals surface area contributed by atoms with E-state index < -0.39 is 0 Å². The van der Waals surface area contributed by atoms with E-state index in [1.54, 1.807) is 0 Å². The van der Waals surface area contributed by atoms with Crippen LogP contribution in [0.5, 0.6) is 0 Å². The highest BCUT2D eigenvalue weighted by Crippen LogP contribution is 2.21. The highest BCUT2D eigenvalue weighted by molar-refractivity contribution is 6.03. The van der Waals surface area contributed by atoms with Crippen LogP contribution in [0.3, 0.4) is 0 Å². The summed E-state index contributed by atoms with van der Waals surface area (Å²) in [6.07, 6.45) is 0.788. The fourth-order valence-electron chi connectivity index (χ4n) is 3.66. The zero-order valence-electron chi connectivity index (χ0n) is 17.0. The molecule has 1 saturated heterocycles. The summed E-state index contributed by atoms with van der Waals surface area (Å²) in [5.74, 6) is -0.354. The summed E-state index contributed by atoms with van der Waals surface area (Å²) in [6.45, 7) is 9.14. The number of carbonyl (C=O) groups is 2. The second-order valence-electron chi connectivity index (χ2n) is 7.48. The van der Waals surface area contributed by atoms with E-state index in [1.165, 1.54) is 11.3 Å². The number of rotatable bonds is 4. The Morgan fingerprint density at radius 3 is 2.43 bits per heavy atom. The number of hydrogen-bond donors (Lipinski definition) is 1. The smallest absolute Gasteiger partial charge is 0.233 e. The molecule has 0 radical (unpaired) electrons. The number of nitrogens with zero attached hydrogens (tertiary/aromatic N) is 2. The van der Waals surface area contributed by atoms with Crippen LogP contribution in [0.1, 0.15) is 29.5 Å². The molecule has 0 saturated carbocycles. The molecule has 0 unspecified atom stereocenters. The van der Waals surface area contributed by atoms with Crippen molar-refractivity contribution < 1.29 is 9.59 Å². The Kier molecular flexibility index (Phi) is 6.34. The molecule has 0 atom stereocenters. The largest absolute Gasteiger partial charge is 0.369 e. The first-order valence-electron chi connectivity index (χ1n) is 9.90. The van der Waals surface area contributed by atoms with Gasteiger partial charge in [0.15, 0.2) is 0 Å². The van der Waals surface area contributed by atoms with Crippen molar-refractivity contribution in [2.45, 2.75) is 33.6 Å². The summed E-state index contributed by atoms with van der Waals surface area (Å²) < 4.78 is 0. The number of hydrogen-bond acceptors (Lipinski definition) is 3. The molecule has 0 spiro atoms. The average Bonchev–Trinajstić information content (AvgIpc) is 2.92. The van der Waals surface area contributed by atoms with Crippen LogP contribution in [0, 0.1) is 20.8 Å². The lowest BCUT2D eigenvalue weighted by Crippen LogP contribution is -2.37. The van der Waals surface area contributed by atoms with Crippen molar-refractivity contribution in [3.63, 3.8) is 0 Å². The summed E-state index contributed by atoms with van der Waals surface area (Å²) in [6, 6.07) is 14.1. The molecule has 1 N–H and O–H groups in total. The van der Waals surface area contributed by atoms with Crippen molar-refractivity contribution >= 4 is 23.2 Å². The summed E-state index contributed by atoms with van der Waals surface area (Å²) in [4.78, 5) is 29.2. The fraction of sp³-hybridized carbons (Fsp3) is 0.391. The first kappa shape index (κ1) is 19.9. The van der Waals surface area contributed by atoms with Gasteiger partial charge < -0.3 is 15.1 Å². The topological polar surface area (TPSA) is 52.7 Å². The van der Waals surface area contributed by atoms with Gasteiger partial charge in [-0.1, -0.05) is 30.3 Å². The lowest BCUT2D eigenvalue weighted by molar-refractivity contribution is -0.134. The summed E-state index contributed by atoms with van der Waals surface area (Å²) in [7, 11) is 0. The normalized spacial score (nSPS) is 14.5. The second-order valence-corrected chi connectivity index (χ2v) is 7.48. The molecule has 3 rings (SSSR count). The Hall–Kier alpha value is -2.82. The molecule has 0 aliphatic carbocycles. The minimum atomic E-state index is -0.251. The van der Waals surface area contributed by atoms with E-state index in [0.29, 0.717) is 13.1 Å². The zero-order valence-corrected chi connectivity index (χ0v) is 17.0. The van der Waals surface area contributed by atoms with Crippen LogP contribution in [0.2, 0.25) is 0 Å². The molecule has 5 heteroatoms. The summed E-state index contributed by atoms with van der Waals surface area (Å²) in [5.41, 5.74) is 5.40. The Morgan fingerprint density at radius 2 is 1.64 bits per heavy atom. The molecule has 148 valence electrons. The summed E-state index contributed by atoms with van der Waals surface area (Å²) in [5, 5.41) is 2.88. The minimum Gasteiger partial charge on any atom is -0.369 e. The second kappa shape index (κ2) is 8.91. The van der Waals surface area contributed by atoms with E-state index in [9.17, 15) is 9.59 Å². The van der Waals surface area contributed by atoms with Gasteiger partial charge >= 0.3 is 0 Å². The maximum atomic E-state index is 12.7. The van der Waals surface area contributed by atoms with Crippen molar-refractivity contribution in [1.29, 1.82) is 0 Å². The molecule has 1 fully saturated rings. The van der Waals surface area contributed by atoms with E-state index in [2.05, 4.69) is 29.3 Å². The third-order valence-corrected chi connectivity index (χ3v) is 5.50. The maximum Gasteiger partial charge on any atom is 0.233 e. The van der Waals surface area contributed by atoms with Gasteiger partial charge in [0, 0.05) is 37.6 Å². The van der Waals surface area contributed by atoms with E-state index in [4.69, 9.17) is 0 Å². The quantitative estimate of drug-likeness (QED) is 0.825. The number of anilines is 2. The first-order chi connectivity index (χ1) is 13.5.